The molecule has 1 atom stereocenters. The number of benzene rings is 2. The third-order valence-corrected chi connectivity index (χ3v) is 4.03. The Morgan fingerprint density at radius 1 is 1.24 bits per heavy atom. The van der Waals surface area contributed by atoms with Gasteiger partial charge in [-0.1, -0.05) is 12.1 Å². The van der Waals surface area contributed by atoms with Gasteiger partial charge in [-0.3, -0.25) is 4.57 Å². The fourth-order valence-electron chi connectivity index (χ4n) is 2.20. The molecule has 1 unspecified atom stereocenters. The van der Waals surface area contributed by atoms with Crippen LogP contribution in [0.1, 0.15) is 17.2 Å². The van der Waals surface area contributed by atoms with Gasteiger partial charge >= 0.3 is 5.76 Å². The molecule has 3 aromatic rings. The van der Waals surface area contributed by atoms with Gasteiger partial charge < -0.3 is 9.52 Å². The molecule has 6 heteroatoms. The fraction of sp³-hybridized carbons (Fsp3) is 0.133. The summed E-state index contributed by atoms with van der Waals surface area (Å²) >= 11 is 3.07. The monoisotopic (exact) mass is 351 g/mol. The standard InChI is InChI=1S/C15H11BrFNO3/c1-18-12-5-3-9(7-13(12)21-15(18)20)14(19)8-2-4-10(16)11(17)6-8/h2-7,14,19H,1H3. The lowest BCUT2D eigenvalue weighted by molar-refractivity contribution is 0.220. The number of rotatable bonds is 2. The quantitative estimate of drug-likeness (QED) is 0.771. The number of hydrogen-bond acceptors (Lipinski definition) is 3. The first-order valence-electron chi connectivity index (χ1n) is 6.20. The minimum Gasteiger partial charge on any atom is -0.408 e. The lowest BCUT2D eigenvalue weighted by Gasteiger charge is -2.12. The Morgan fingerprint density at radius 3 is 2.62 bits per heavy atom. The van der Waals surface area contributed by atoms with Crippen molar-refractivity contribution in [1.29, 1.82) is 0 Å². The van der Waals surface area contributed by atoms with E-state index in [0.29, 0.717) is 26.7 Å². The van der Waals surface area contributed by atoms with Crippen LogP contribution < -0.4 is 5.76 Å². The van der Waals surface area contributed by atoms with Crippen LogP contribution in [0.25, 0.3) is 11.1 Å². The van der Waals surface area contributed by atoms with E-state index in [4.69, 9.17) is 4.42 Å². The number of oxazole rings is 1. The molecule has 4 nitrogen and oxygen atoms in total. The van der Waals surface area contributed by atoms with Crippen molar-refractivity contribution >= 4 is 27.0 Å². The number of nitrogens with zero attached hydrogens (tertiary/aromatic N) is 1. The zero-order chi connectivity index (χ0) is 15.1. The molecular formula is C15H11BrFNO3. The van der Waals surface area contributed by atoms with Gasteiger partial charge in [0.15, 0.2) is 5.58 Å². The maximum absolute atomic E-state index is 13.5. The van der Waals surface area contributed by atoms with Crippen LogP contribution in [0, 0.1) is 5.82 Å². The number of aliphatic hydroxyl groups excluding tert-OH is 1. The Balaban J connectivity index is 2.06. The van der Waals surface area contributed by atoms with Gasteiger partial charge in [0.2, 0.25) is 0 Å². The second-order valence-corrected chi connectivity index (χ2v) is 5.58. The normalized spacial score (nSPS) is 12.8. The maximum Gasteiger partial charge on any atom is 0.419 e. The predicted molar refractivity (Wildman–Crippen MR) is 79.6 cm³/mol. The predicted octanol–water partition coefficient (Wildman–Crippen LogP) is 3.11. The molecule has 0 aliphatic rings. The minimum absolute atomic E-state index is 0.336. The summed E-state index contributed by atoms with van der Waals surface area (Å²) < 4.78 is 20.3. The molecular weight excluding hydrogens is 341 g/mol. The molecule has 1 N–H and O–H groups in total. The molecule has 3 rings (SSSR count). The largest absolute Gasteiger partial charge is 0.419 e. The van der Waals surface area contributed by atoms with Crippen LogP contribution in [0.3, 0.4) is 0 Å². The Hall–Kier alpha value is -1.92. The molecule has 0 fully saturated rings. The molecule has 0 saturated heterocycles. The average molecular weight is 352 g/mol. The van der Waals surface area contributed by atoms with Gasteiger partial charge in [0.1, 0.15) is 11.9 Å². The fourth-order valence-corrected chi connectivity index (χ4v) is 2.44. The first kappa shape index (κ1) is 14.0. The van der Waals surface area contributed by atoms with Crippen molar-refractivity contribution in [2.75, 3.05) is 0 Å². The van der Waals surface area contributed by atoms with Crippen molar-refractivity contribution in [2.45, 2.75) is 6.10 Å². The number of fused-ring (bicyclic) bond motifs is 1. The summed E-state index contributed by atoms with van der Waals surface area (Å²) in [7, 11) is 1.61. The van der Waals surface area contributed by atoms with Crippen molar-refractivity contribution in [3.63, 3.8) is 0 Å². The highest BCUT2D eigenvalue weighted by atomic mass is 79.9. The van der Waals surface area contributed by atoms with E-state index in [1.807, 2.05) is 0 Å². The number of hydrogen-bond donors (Lipinski definition) is 1. The van der Waals surface area contributed by atoms with Crippen LogP contribution >= 0.6 is 15.9 Å². The van der Waals surface area contributed by atoms with Crippen molar-refractivity contribution in [2.24, 2.45) is 7.05 Å². The van der Waals surface area contributed by atoms with Gasteiger partial charge in [0.05, 0.1) is 9.99 Å². The van der Waals surface area contributed by atoms with Gasteiger partial charge in [0, 0.05) is 7.05 Å². The number of aromatic nitrogens is 1. The molecule has 1 aromatic heterocycles. The first-order chi connectivity index (χ1) is 9.97. The molecule has 0 amide bonds. The highest BCUT2D eigenvalue weighted by Gasteiger charge is 2.15. The Kier molecular flexibility index (Phi) is 3.43. The van der Waals surface area contributed by atoms with Crippen molar-refractivity contribution in [3.05, 3.63) is 68.4 Å². The summed E-state index contributed by atoms with van der Waals surface area (Å²) in [5.41, 5.74) is 1.97. The molecule has 1 heterocycles. The highest BCUT2D eigenvalue weighted by Crippen LogP contribution is 2.27. The Morgan fingerprint density at radius 2 is 1.90 bits per heavy atom. The van der Waals surface area contributed by atoms with Gasteiger partial charge in [-0.2, -0.15) is 0 Å². The number of aliphatic hydroxyl groups is 1. The van der Waals surface area contributed by atoms with Crippen LogP contribution in [0.4, 0.5) is 4.39 Å². The van der Waals surface area contributed by atoms with E-state index in [1.54, 1.807) is 31.3 Å². The molecule has 0 radical (unpaired) electrons. The maximum atomic E-state index is 13.5. The molecule has 0 saturated carbocycles. The van der Waals surface area contributed by atoms with Gasteiger partial charge in [-0.05, 0) is 51.3 Å². The Bertz CT molecular complexity index is 884. The topological polar surface area (TPSA) is 55.4 Å². The van der Waals surface area contributed by atoms with Crippen LogP contribution in [0.5, 0.6) is 0 Å². The van der Waals surface area contributed by atoms with Crippen molar-refractivity contribution < 1.29 is 13.9 Å². The van der Waals surface area contributed by atoms with Gasteiger partial charge in [-0.25, -0.2) is 9.18 Å². The second-order valence-electron chi connectivity index (χ2n) is 4.73. The molecule has 0 spiro atoms. The van der Waals surface area contributed by atoms with Crippen molar-refractivity contribution in [1.82, 2.24) is 4.57 Å². The van der Waals surface area contributed by atoms with E-state index in [1.165, 1.54) is 16.7 Å². The molecule has 2 aromatic carbocycles. The molecule has 0 aliphatic carbocycles. The SMILES string of the molecule is Cn1c(=O)oc2cc(C(O)c3ccc(Br)c(F)c3)ccc21. The first-order valence-corrected chi connectivity index (χ1v) is 6.99. The average Bonchev–Trinajstić information content (AvgIpc) is 2.76. The van der Waals surface area contributed by atoms with E-state index in [0.717, 1.165) is 0 Å². The van der Waals surface area contributed by atoms with Crippen molar-refractivity contribution in [3.8, 4) is 0 Å². The van der Waals surface area contributed by atoms with Crippen LogP contribution in [-0.4, -0.2) is 9.67 Å². The van der Waals surface area contributed by atoms with E-state index in [9.17, 15) is 14.3 Å². The van der Waals surface area contributed by atoms with Crippen LogP contribution in [0.15, 0.2) is 50.1 Å². The summed E-state index contributed by atoms with van der Waals surface area (Å²) in [6.07, 6.45) is -0.998. The molecule has 108 valence electrons. The van der Waals surface area contributed by atoms with Gasteiger partial charge in [0.25, 0.3) is 0 Å². The smallest absolute Gasteiger partial charge is 0.408 e. The molecule has 0 aliphatic heterocycles. The third kappa shape index (κ3) is 2.41. The summed E-state index contributed by atoms with van der Waals surface area (Å²) in [6.45, 7) is 0. The van der Waals surface area contributed by atoms with E-state index in [2.05, 4.69) is 15.9 Å². The summed E-state index contributed by atoms with van der Waals surface area (Å²) in [5, 5.41) is 10.3. The van der Waals surface area contributed by atoms with Gasteiger partial charge in [-0.15, -0.1) is 0 Å². The van der Waals surface area contributed by atoms with Crippen LogP contribution in [0.2, 0.25) is 0 Å². The van der Waals surface area contributed by atoms with E-state index in [-0.39, 0.29) is 0 Å². The Labute approximate surface area is 127 Å². The third-order valence-electron chi connectivity index (χ3n) is 3.39. The minimum atomic E-state index is -0.998. The summed E-state index contributed by atoms with van der Waals surface area (Å²) in [6, 6.07) is 9.38. The molecule has 21 heavy (non-hydrogen) atoms. The lowest BCUT2D eigenvalue weighted by atomic mass is 10.0. The zero-order valence-electron chi connectivity index (χ0n) is 11.0. The number of halogens is 2. The number of aryl methyl sites for hydroxylation is 1. The van der Waals surface area contributed by atoms with Crippen LogP contribution in [-0.2, 0) is 7.05 Å². The second kappa shape index (κ2) is 5.13. The lowest BCUT2D eigenvalue weighted by Crippen LogP contribution is -2.08. The zero-order valence-corrected chi connectivity index (χ0v) is 12.6. The highest BCUT2D eigenvalue weighted by molar-refractivity contribution is 9.10. The van der Waals surface area contributed by atoms with E-state index >= 15 is 0 Å². The molecule has 0 bridgehead atoms. The summed E-state index contributed by atoms with van der Waals surface area (Å²) in [4.78, 5) is 11.5. The summed E-state index contributed by atoms with van der Waals surface area (Å²) in [5.74, 6) is -0.912. The van der Waals surface area contributed by atoms with E-state index < -0.39 is 17.7 Å².